The summed E-state index contributed by atoms with van der Waals surface area (Å²) in [6.45, 7) is 2.86. The highest BCUT2D eigenvalue weighted by Crippen LogP contribution is 2.24. The Kier molecular flexibility index (Phi) is 5.04. The number of nitrogens with two attached hydrogens (primary N) is 1. The van der Waals surface area contributed by atoms with Gasteiger partial charge in [-0.3, -0.25) is 4.90 Å². The lowest BCUT2D eigenvalue weighted by molar-refractivity contribution is 0.240. The number of hydrogen-bond acceptors (Lipinski definition) is 2. The van der Waals surface area contributed by atoms with Crippen molar-refractivity contribution >= 4 is 0 Å². The van der Waals surface area contributed by atoms with Gasteiger partial charge in [-0.2, -0.15) is 0 Å². The minimum Gasteiger partial charge on any atom is -0.329 e. The van der Waals surface area contributed by atoms with E-state index in [1.54, 1.807) is 12.1 Å². The molecule has 2 N–H and O–H groups in total. The molecule has 0 saturated heterocycles. The van der Waals surface area contributed by atoms with Gasteiger partial charge < -0.3 is 5.73 Å². The maximum atomic E-state index is 13.5. The molecule has 21 heavy (non-hydrogen) atoms. The third-order valence-corrected chi connectivity index (χ3v) is 3.68. The van der Waals surface area contributed by atoms with Crippen molar-refractivity contribution in [1.29, 1.82) is 0 Å². The third kappa shape index (κ3) is 3.86. The molecule has 0 spiro atoms. The summed E-state index contributed by atoms with van der Waals surface area (Å²) in [5, 5.41) is 0. The molecule has 0 aliphatic rings. The Bertz CT molecular complexity index is 613. The van der Waals surface area contributed by atoms with E-state index >= 15 is 0 Å². The van der Waals surface area contributed by atoms with Crippen molar-refractivity contribution in [2.45, 2.75) is 19.5 Å². The number of aryl methyl sites for hydroxylation is 1. The molecule has 1 atom stereocenters. The van der Waals surface area contributed by atoms with E-state index in [1.165, 1.54) is 24.3 Å². The largest absolute Gasteiger partial charge is 0.329 e. The van der Waals surface area contributed by atoms with Crippen LogP contribution in [0, 0.1) is 18.6 Å². The van der Waals surface area contributed by atoms with Gasteiger partial charge >= 0.3 is 0 Å². The van der Waals surface area contributed by atoms with Crippen molar-refractivity contribution in [2.75, 3.05) is 13.6 Å². The summed E-state index contributed by atoms with van der Waals surface area (Å²) in [5.74, 6) is -0.527. The second-order valence-corrected chi connectivity index (χ2v) is 5.30. The quantitative estimate of drug-likeness (QED) is 0.914. The van der Waals surface area contributed by atoms with Crippen molar-refractivity contribution in [2.24, 2.45) is 5.73 Å². The van der Waals surface area contributed by atoms with Crippen LogP contribution in [0.25, 0.3) is 0 Å². The molecule has 0 bridgehead atoms. The van der Waals surface area contributed by atoms with Crippen LogP contribution in [0.5, 0.6) is 0 Å². The molecular formula is C17H20F2N2. The van der Waals surface area contributed by atoms with Crippen LogP contribution in [0.3, 0.4) is 0 Å². The Hall–Kier alpha value is -1.78. The average Bonchev–Trinajstić information content (AvgIpc) is 2.43. The van der Waals surface area contributed by atoms with E-state index in [-0.39, 0.29) is 17.7 Å². The summed E-state index contributed by atoms with van der Waals surface area (Å²) in [7, 11) is 1.91. The normalized spacial score (nSPS) is 12.7. The fourth-order valence-corrected chi connectivity index (χ4v) is 2.55. The zero-order chi connectivity index (χ0) is 15.4. The number of halogens is 2. The minimum atomic E-state index is -0.270. The molecule has 0 aromatic heterocycles. The first-order chi connectivity index (χ1) is 10.0. The molecule has 2 aromatic carbocycles. The van der Waals surface area contributed by atoms with Gasteiger partial charge in [-0.1, -0.05) is 18.2 Å². The van der Waals surface area contributed by atoms with E-state index in [9.17, 15) is 8.78 Å². The van der Waals surface area contributed by atoms with Crippen LogP contribution in [-0.2, 0) is 6.54 Å². The molecule has 0 fully saturated rings. The first-order valence-corrected chi connectivity index (χ1v) is 6.92. The SMILES string of the molecule is Cc1ccc(F)cc1C(CN)N(C)Cc1cccc(F)c1. The average molecular weight is 290 g/mol. The molecule has 2 rings (SSSR count). The molecule has 0 radical (unpaired) electrons. The summed E-state index contributed by atoms with van der Waals surface area (Å²) in [6, 6.07) is 11.1. The lowest BCUT2D eigenvalue weighted by atomic mass is 9.99. The van der Waals surface area contributed by atoms with Gasteiger partial charge in [-0.15, -0.1) is 0 Å². The lowest BCUT2D eigenvalue weighted by Crippen LogP contribution is -2.30. The molecule has 0 aliphatic heterocycles. The Morgan fingerprint density at radius 3 is 2.48 bits per heavy atom. The molecule has 2 aromatic rings. The summed E-state index contributed by atoms with van der Waals surface area (Å²) in [6.07, 6.45) is 0. The first-order valence-electron chi connectivity index (χ1n) is 6.92. The maximum absolute atomic E-state index is 13.5. The number of benzene rings is 2. The number of likely N-dealkylation sites (N-methyl/N-ethyl adjacent to an activating group) is 1. The predicted octanol–water partition coefficient (Wildman–Crippen LogP) is 3.41. The van der Waals surface area contributed by atoms with Crippen molar-refractivity contribution in [3.05, 3.63) is 70.8 Å². The highest BCUT2D eigenvalue weighted by Gasteiger charge is 2.18. The number of hydrogen-bond donors (Lipinski definition) is 1. The van der Waals surface area contributed by atoms with Gasteiger partial charge in [0.1, 0.15) is 11.6 Å². The summed E-state index contributed by atoms with van der Waals surface area (Å²) < 4.78 is 26.7. The van der Waals surface area contributed by atoms with Crippen molar-refractivity contribution in [3.63, 3.8) is 0 Å². The Morgan fingerprint density at radius 1 is 1.10 bits per heavy atom. The van der Waals surface area contributed by atoms with Crippen molar-refractivity contribution in [1.82, 2.24) is 4.90 Å². The molecule has 0 amide bonds. The first kappa shape index (κ1) is 15.6. The standard InChI is InChI=1S/C17H20F2N2/c1-12-6-7-15(19)9-16(12)17(10-20)21(2)11-13-4-3-5-14(18)8-13/h3-9,17H,10-11,20H2,1-2H3. The van der Waals surface area contributed by atoms with E-state index in [0.717, 1.165) is 16.7 Å². The van der Waals surface area contributed by atoms with Crippen LogP contribution in [0.2, 0.25) is 0 Å². The van der Waals surface area contributed by atoms with Gasteiger partial charge in [-0.05, 0) is 54.9 Å². The van der Waals surface area contributed by atoms with Crippen LogP contribution in [0.4, 0.5) is 8.78 Å². The molecule has 0 saturated carbocycles. The van der Waals surface area contributed by atoms with Gasteiger partial charge in [0.2, 0.25) is 0 Å². The van der Waals surface area contributed by atoms with Crippen LogP contribution in [0.15, 0.2) is 42.5 Å². The maximum Gasteiger partial charge on any atom is 0.123 e. The molecule has 2 nitrogen and oxygen atoms in total. The monoisotopic (exact) mass is 290 g/mol. The van der Waals surface area contributed by atoms with Crippen LogP contribution in [-0.4, -0.2) is 18.5 Å². The summed E-state index contributed by atoms with van der Waals surface area (Å²) >= 11 is 0. The minimum absolute atomic E-state index is 0.107. The summed E-state index contributed by atoms with van der Waals surface area (Å²) in [4.78, 5) is 2.01. The molecule has 1 unspecified atom stereocenters. The smallest absolute Gasteiger partial charge is 0.123 e. The second kappa shape index (κ2) is 6.78. The van der Waals surface area contributed by atoms with E-state index in [1.807, 2.05) is 24.9 Å². The predicted molar refractivity (Wildman–Crippen MR) is 80.8 cm³/mol. The van der Waals surface area contributed by atoms with Gasteiger partial charge in [0.05, 0.1) is 0 Å². The Balaban J connectivity index is 2.22. The number of rotatable bonds is 5. The van der Waals surface area contributed by atoms with E-state index in [4.69, 9.17) is 5.73 Å². The zero-order valence-corrected chi connectivity index (χ0v) is 12.3. The van der Waals surface area contributed by atoms with E-state index in [0.29, 0.717) is 13.1 Å². The van der Waals surface area contributed by atoms with Crippen LogP contribution < -0.4 is 5.73 Å². The third-order valence-electron chi connectivity index (χ3n) is 3.68. The Morgan fingerprint density at radius 2 is 1.81 bits per heavy atom. The Labute approximate surface area is 124 Å². The molecule has 4 heteroatoms. The molecule has 0 aliphatic carbocycles. The highest BCUT2D eigenvalue weighted by molar-refractivity contribution is 5.30. The van der Waals surface area contributed by atoms with Crippen molar-refractivity contribution in [3.8, 4) is 0 Å². The topological polar surface area (TPSA) is 29.3 Å². The second-order valence-electron chi connectivity index (χ2n) is 5.30. The van der Waals surface area contributed by atoms with Crippen LogP contribution >= 0.6 is 0 Å². The molecule has 112 valence electrons. The van der Waals surface area contributed by atoms with E-state index in [2.05, 4.69) is 0 Å². The van der Waals surface area contributed by atoms with Gasteiger partial charge in [0, 0.05) is 19.1 Å². The molecule has 0 heterocycles. The summed E-state index contributed by atoms with van der Waals surface area (Å²) in [5.41, 5.74) is 8.61. The zero-order valence-electron chi connectivity index (χ0n) is 12.3. The van der Waals surface area contributed by atoms with Crippen LogP contribution in [0.1, 0.15) is 22.7 Å². The fourth-order valence-electron chi connectivity index (χ4n) is 2.55. The fraction of sp³-hybridized carbons (Fsp3) is 0.294. The molecular weight excluding hydrogens is 270 g/mol. The van der Waals surface area contributed by atoms with Crippen molar-refractivity contribution < 1.29 is 8.78 Å². The number of nitrogens with zero attached hydrogens (tertiary/aromatic N) is 1. The van der Waals surface area contributed by atoms with Gasteiger partial charge in [0.25, 0.3) is 0 Å². The highest BCUT2D eigenvalue weighted by atomic mass is 19.1. The van der Waals surface area contributed by atoms with E-state index < -0.39 is 0 Å². The van der Waals surface area contributed by atoms with Gasteiger partial charge in [-0.25, -0.2) is 8.78 Å². The van der Waals surface area contributed by atoms with Gasteiger partial charge in [0.15, 0.2) is 0 Å². The lowest BCUT2D eigenvalue weighted by Gasteiger charge is -2.28.